The SMILES string of the molecule is COc1ccc(-c2cnn(C)c2)c2nc(NC(=O)N3CCC(O)(C(F)(F)F)CC3)[nH]c12. The van der Waals surface area contributed by atoms with Crippen LogP contribution in [-0.4, -0.2) is 67.8 Å². The van der Waals surface area contributed by atoms with Gasteiger partial charge in [0.15, 0.2) is 5.60 Å². The zero-order valence-electron chi connectivity index (χ0n) is 16.8. The van der Waals surface area contributed by atoms with Crippen molar-refractivity contribution in [3.8, 4) is 16.9 Å². The summed E-state index contributed by atoms with van der Waals surface area (Å²) in [6, 6.07) is 2.98. The number of carbonyl (C=O) groups excluding carboxylic acids is 1. The maximum atomic E-state index is 13.0. The number of methoxy groups -OCH3 is 1. The first kappa shape index (κ1) is 21.0. The van der Waals surface area contributed by atoms with Crippen molar-refractivity contribution in [3.05, 3.63) is 24.5 Å². The minimum atomic E-state index is -4.73. The Morgan fingerprint density at radius 2 is 2.03 bits per heavy atom. The summed E-state index contributed by atoms with van der Waals surface area (Å²) in [5.41, 5.74) is -0.0670. The predicted octanol–water partition coefficient (Wildman–Crippen LogP) is 2.89. The molecule has 0 atom stereocenters. The van der Waals surface area contributed by atoms with Gasteiger partial charge in [0.25, 0.3) is 0 Å². The van der Waals surface area contributed by atoms with Gasteiger partial charge in [-0.15, -0.1) is 0 Å². The molecule has 0 saturated carbocycles. The lowest BCUT2D eigenvalue weighted by Crippen LogP contribution is -2.55. The van der Waals surface area contributed by atoms with Crippen molar-refractivity contribution < 1.29 is 27.8 Å². The van der Waals surface area contributed by atoms with E-state index >= 15 is 0 Å². The van der Waals surface area contributed by atoms with Crippen LogP contribution < -0.4 is 10.1 Å². The second kappa shape index (κ2) is 7.45. The van der Waals surface area contributed by atoms with Crippen LogP contribution in [-0.2, 0) is 7.05 Å². The number of hydrogen-bond acceptors (Lipinski definition) is 5. The van der Waals surface area contributed by atoms with Crippen molar-refractivity contribution >= 4 is 23.0 Å². The zero-order valence-corrected chi connectivity index (χ0v) is 16.8. The highest BCUT2D eigenvalue weighted by Gasteiger charge is 2.54. The van der Waals surface area contributed by atoms with Gasteiger partial charge in [-0.3, -0.25) is 10.00 Å². The number of H-pyrrole nitrogens is 1. The molecule has 166 valence electrons. The molecule has 2 amide bonds. The molecule has 3 heterocycles. The number of benzene rings is 1. The third-order valence-corrected chi connectivity index (χ3v) is 5.47. The van der Waals surface area contributed by atoms with E-state index in [1.807, 2.05) is 12.3 Å². The highest BCUT2D eigenvalue weighted by atomic mass is 19.4. The Morgan fingerprint density at radius 1 is 1.32 bits per heavy atom. The van der Waals surface area contributed by atoms with E-state index in [0.29, 0.717) is 16.8 Å². The van der Waals surface area contributed by atoms with Crippen LogP contribution in [0.4, 0.5) is 23.9 Å². The predicted molar refractivity (Wildman–Crippen MR) is 106 cm³/mol. The molecule has 1 saturated heterocycles. The normalized spacial score (nSPS) is 16.5. The van der Waals surface area contributed by atoms with Crippen LogP contribution in [0.25, 0.3) is 22.2 Å². The van der Waals surface area contributed by atoms with Crippen LogP contribution in [0.5, 0.6) is 5.75 Å². The lowest BCUT2D eigenvalue weighted by atomic mass is 9.91. The second-order valence-corrected chi connectivity index (χ2v) is 7.47. The Hall–Kier alpha value is -3.28. The number of rotatable bonds is 3. The first-order valence-electron chi connectivity index (χ1n) is 9.52. The number of aliphatic hydroxyl groups is 1. The Balaban J connectivity index is 1.56. The fourth-order valence-electron chi connectivity index (χ4n) is 3.63. The molecule has 1 aromatic carbocycles. The standard InChI is InChI=1S/C19H21F3N6O3/c1-27-10-11(9-23-27)12-3-4-13(31-2)15-14(12)24-16(25-15)26-17(29)28-7-5-18(30,6-8-28)19(20,21)22/h3-4,9-10,30H,5-8H2,1-2H3,(H2,24,25,26,29). The number of piperidine rings is 1. The molecular formula is C19H21F3N6O3. The number of carbonyl (C=O) groups is 1. The number of aryl methyl sites for hydroxylation is 1. The number of aromatic nitrogens is 4. The number of aromatic amines is 1. The van der Waals surface area contributed by atoms with E-state index in [-0.39, 0.29) is 19.0 Å². The minimum absolute atomic E-state index is 0.131. The molecule has 1 fully saturated rings. The molecule has 0 aliphatic carbocycles. The van der Waals surface area contributed by atoms with Crippen LogP contribution >= 0.6 is 0 Å². The van der Waals surface area contributed by atoms with Crippen LogP contribution in [0.15, 0.2) is 24.5 Å². The molecule has 3 N–H and O–H groups in total. The highest BCUT2D eigenvalue weighted by molar-refractivity contribution is 5.98. The smallest absolute Gasteiger partial charge is 0.417 e. The van der Waals surface area contributed by atoms with Gasteiger partial charge in [0.1, 0.15) is 16.8 Å². The molecule has 31 heavy (non-hydrogen) atoms. The average Bonchev–Trinajstić information content (AvgIpc) is 3.33. The molecule has 1 aliphatic heterocycles. The molecule has 0 radical (unpaired) electrons. The number of ether oxygens (including phenoxy) is 1. The Kier molecular flexibility index (Phi) is 5.04. The maximum Gasteiger partial charge on any atom is 0.417 e. The van der Waals surface area contributed by atoms with E-state index in [2.05, 4.69) is 20.4 Å². The molecule has 3 aromatic rings. The Labute approximate surface area is 174 Å². The van der Waals surface area contributed by atoms with E-state index in [1.165, 1.54) is 12.0 Å². The lowest BCUT2D eigenvalue weighted by Gasteiger charge is -2.38. The van der Waals surface area contributed by atoms with Crippen LogP contribution in [0, 0.1) is 0 Å². The number of hydrogen-bond donors (Lipinski definition) is 3. The monoisotopic (exact) mass is 438 g/mol. The van der Waals surface area contributed by atoms with Gasteiger partial charge in [0.2, 0.25) is 5.95 Å². The largest absolute Gasteiger partial charge is 0.494 e. The van der Waals surface area contributed by atoms with Gasteiger partial charge in [-0.25, -0.2) is 9.78 Å². The minimum Gasteiger partial charge on any atom is -0.494 e. The molecule has 0 unspecified atom stereocenters. The number of amides is 2. The quantitative estimate of drug-likeness (QED) is 0.583. The van der Waals surface area contributed by atoms with Crippen LogP contribution in [0.2, 0.25) is 0 Å². The molecule has 0 bridgehead atoms. The first-order valence-corrected chi connectivity index (χ1v) is 9.52. The number of alkyl halides is 3. The van der Waals surface area contributed by atoms with Crippen molar-refractivity contribution in [2.24, 2.45) is 7.05 Å². The molecule has 2 aromatic heterocycles. The first-order chi connectivity index (χ1) is 14.6. The summed E-state index contributed by atoms with van der Waals surface area (Å²) < 4.78 is 45.9. The second-order valence-electron chi connectivity index (χ2n) is 7.47. The van der Waals surface area contributed by atoms with E-state index in [0.717, 1.165) is 11.1 Å². The lowest BCUT2D eigenvalue weighted by molar-refractivity contribution is -0.271. The summed E-state index contributed by atoms with van der Waals surface area (Å²) in [6.07, 6.45) is -2.38. The van der Waals surface area contributed by atoms with Crippen LogP contribution in [0.1, 0.15) is 12.8 Å². The molecular weight excluding hydrogens is 417 g/mol. The number of likely N-dealkylation sites (tertiary alicyclic amines) is 1. The van der Waals surface area contributed by atoms with Crippen molar-refractivity contribution in [1.82, 2.24) is 24.6 Å². The molecule has 9 nitrogen and oxygen atoms in total. The number of nitrogens with zero attached hydrogens (tertiary/aromatic N) is 4. The highest BCUT2D eigenvalue weighted by Crippen LogP contribution is 2.38. The Morgan fingerprint density at radius 3 is 2.61 bits per heavy atom. The third kappa shape index (κ3) is 3.78. The summed E-state index contributed by atoms with van der Waals surface area (Å²) in [6.45, 7) is -0.460. The average molecular weight is 438 g/mol. The number of fused-ring (bicyclic) bond motifs is 1. The van der Waals surface area contributed by atoms with Gasteiger partial charge in [-0.2, -0.15) is 18.3 Å². The molecule has 0 spiro atoms. The summed E-state index contributed by atoms with van der Waals surface area (Å²) in [5.74, 6) is 0.648. The zero-order chi connectivity index (χ0) is 22.4. The topological polar surface area (TPSA) is 108 Å². The third-order valence-electron chi connectivity index (χ3n) is 5.47. The number of imidazole rings is 1. The van der Waals surface area contributed by atoms with Gasteiger partial charge in [0, 0.05) is 50.3 Å². The van der Waals surface area contributed by atoms with Gasteiger partial charge in [0.05, 0.1) is 13.3 Å². The van der Waals surface area contributed by atoms with Gasteiger partial charge >= 0.3 is 12.2 Å². The van der Waals surface area contributed by atoms with Crippen molar-refractivity contribution in [2.75, 3.05) is 25.5 Å². The van der Waals surface area contributed by atoms with E-state index < -0.39 is 30.7 Å². The van der Waals surface area contributed by atoms with E-state index in [4.69, 9.17) is 4.74 Å². The van der Waals surface area contributed by atoms with Gasteiger partial charge in [-0.1, -0.05) is 0 Å². The van der Waals surface area contributed by atoms with Gasteiger partial charge < -0.3 is 19.7 Å². The van der Waals surface area contributed by atoms with E-state index in [9.17, 15) is 23.1 Å². The number of anilines is 1. The summed E-state index contributed by atoms with van der Waals surface area (Å²) in [5, 5.41) is 16.5. The number of halogens is 3. The van der Waals surface area contributed by atoms with Crippen LogP contribution in [0.3, 0.4) is 0 Å². The molecule has 4 rings (SSSR count). The number of urea groups is 1. The summed E-state index contributed by atoms with van der Waals surface area (Å²) in [7, 11) is 3.30. The summed E-state index contributed by atoms with van der Waals surface area (Å²) in [4.78, 5) is 21.2. The maximum absolute atomic E-state index is 13.0. The Bertz CT molecular complexity index is 1110. The van der Waals surface area contributed by atoms with Gasteiger partial charge in [-0.05, 0) is 12.1 Å². The van der Waals surface area contributed by atoms with Crippen molar-refractivity contribution in [2.45, 2.75) is 24.6 Å². The molecule has 1 aliphatic rings. The number of nitrogens with one attached hydrogen (secondary N) is 2. The van der Waals surface area contributed by atoms with E-state index in [1.54, 1.807) is 24.0 Å². The molecule has 12 heteroatoms. The fraction of sp³-hybridized carbons (Fsp3) is 0.421. The van der Waals surface area contributed by atoms with Crippen molar-refractivity contribution in [3.63, 3.8) is 0 Å². The fourth-order valence-corrected chi connectivity index (χ4v) is 3.63. The van der Waals surface area contributed by atoms with Crippen molar-refractivity contribution in [1.29, 1.82) is 0 Å². The summed E-state index contributed by atoms with van der Waals surface area (Å²) >= 11 is 0.